The molecule has 0 unspecified atom stereocenters. The van der Waals surface area contributed by atoms with Gasteiger partial charge in [-0.1, -0.05) is 103 Å². The van der Waals surface area contributed by atoms with Crippen LogP contribution >= 0.6 is 0 Å². The fraction of sp³-hybridized carbons (Fsp3) is 0.185. The predicted molar refractivity (Wildman–Crippen MR) is 248 cm³/mol. The van der Waals surface area contributed by atoms with Crippen molar-refractivity contribution in [2.75, 3.05) is 0 Å². The third kappa shape index (κ3) is 5.54. The van der Waals surface area contributed by atoms with Gasteiger partial charge in [-0.25, -0.2) is 9.97 Å². The molecule has 0 saturated heterocycles. The van der Waals surface area contributed by atoms with Crippen LogP contribution in [0.25, 0.3) is 88.1 Å². The molecule has 0 radical (unpaired) electrons. The molecule has 0 N–H and O–H groups in total. The van der Waals surface area contributed by atoms with Crippen molar-refractivity contribution in [3.63, 3.8) is 0 Å². The zero-order chi connectivity index (χ0) is 41.0. The molecule has 0 fully saturated rings. The SMILES string of the molecule is CC(C)c1cccc(C(C)C)c1-c1cnc2c3cc(Oc4ccc5c6ccccc6n(-c6cc(C(C)(C)C)ccn6)c5c4)ccc3c3cc4oc5ccccc5c4cc3n12. The monoisotopic (exact) mass is 782 g/mol. The molecule has 5 aromatic heterocycles. The molecular formula is C54H46N4O2. The van der Waals surface area contributed by atoms with E-state index in [4.69, 9.17) is 19.1 Å². The van der Waals surface area contributed by atoms with Gasteiger partial charge in [0.15, 0.2) is 0 Å². The number of rotatable bonds is 6. The number of aromatic nitrogens is 4. The molecule has 6 aromatic carbocycles. The topological polar surface area (TPSA) is 57.5 Å². The Labute approximate surface area is 348 Å². The van der Waals surface area contributed by atoms with Gasteiger partial charge in [-0.2, -0.15) is 0 Å². The quantitative estimate of drug-likeness (QED) is 0.158. The van der Waals surface area contributed by atoms with Gasteiger partial charge < -0.3 is 9.15 Å². The van der Waals surface area contributed by atoms with E-state index in [0.29, 0.717) is 11.8 Å². The number of benzene rings is 6. The van der Waals surface area contributed by atoms with Crippen molar-refractivity contribution in [3.8, 4) is 28.6 Å². The summed E-state index contributed by atoms with van der Waals surface area (Å²) in [5.41, 5.74) is 12.1. The van der Waals surface area contributed by atoms with Crippen molar-refractivity contribution in [2.45, 2.75) is 65.7 Å². The van der Waals surface area contributed by atoms with Crippen molar-refractivity contribution < 1.29 is 9.15 Å². The van der Waals surface area contributed by atoms with Crippen molar-refractivity contribution in [2.24, 2.45) is 0 Å². The zero-order valence-corrected chi connectivity index (χ0v) is 35.0. The number of hydrogen-bond donors (Lipinski definition) is 0. The van der Waals surface area contributed by atoms with Gasteiger partial charge in [-0.3, -0.25) is 8.97 Å². The minimum atomic E-state index is -0.0141. The highest BCUT2D eigenvalue weighted by Gasteiger charge is 2.23. The largest absolute Gasteiger partial charge is 0.457 e. The van der Waals surface area contributed by atoms with E-state index in [0.717, 1.165) is 88.7 Å². The first-order valence-electron chi connectivity index (χ1n) is 21.0. The summed E-state index contributed by atoms with van der Waals surface area (Å²) in [5, 5.41) is 7.71. The molecule has 0 amide bonds. The summed E-state index contributed by atoms with van der Waals surface area (Å²) in [4.78, 5) is 10.1. The number of ether oxygens (including phenoxy) is 1. The Morgan fingerprint density at radius 3 is 2.02 bits per heavy atom. The minimum Gasteiger partial charge on any atom is -0.457 e. The van der Waals surface area contributed by atoms with Gasteiger partial charge in [0.2, 0.25) is 0 Å². The Bertz CT molecular complexity index is 3490. The molecule has 0 aliphatic rings. The van der Waals surface area contributed by atoms with Crippen LogP contribution in [0.4, 0.5) is 0 Å². The van der Waals surface area contributed by atoms with Crippen molar-refractivity contribution >= 4 is 71.1 Å². The molecule has 0 bridgehead atoms. The maximum atomic E-state index is 6.83. The van der Waals surface area contributed by atoms with Gasteiger partial charge in [0, 0.05) is 50.1 Å². The third-order valence-corrected chi connectivity index (χ3v) is 12.4. The van der Waals surface area contributed by atoms with E-state index in [2.05, 4.69) is 179 Å². The smallest absolute Gasteiger partial charge is 0.145 e. The molecule has 60 heavy (non-hydrogen) atoms. The van der Waals surface area contributed by atoms with Crippen LogP contribution < -0.4 is 4.74 Å². The fourth-order valence-corrected chi connectivity index (χ4v) is 9.38. The van der Waals surface area contributed by atoms with Crippen LogP contribution in [0, 0.1) is 0 Å². The summed E-state index contributed by atoms with van der Waals surface area (Å²) in [6, 6.07) is 45.2. The molecule has 6 nitrogen and oxygen atoms in total. The molecule has 11 aromatic rings. The second-order valence-electron chi connectivity index (χ2n) is 17.9. The second-order valence-corrected chi connectivity index (χ2v) is 17.9. The first kappa shape index (κ1) is 36.2. The molecule has 0 atom stereocenters. The van der Waals surface area contributed by atoms with E-state index in [-0.39, 0.29) is 5.41 Å². The molecule has 0 aliphatic heterocycles. The van der Waals surface area contributed by atoms with Crippen LogP contribution in [0.3, 0.4) is 0 Å². The lowest BCUT2D eigenvalue weighted by Gasteiger charge is -2.20. The van der Waals surface area contributed by atoms with Crippen LogP contribution in [-0.2, 0) is 5.41 Å². The van der Waals surface area contributed by atoms with Crippen molar-refractivity contribution in [1.82, 2.24) is 18.9 Å². The molecule has 6 heteroatoms. The third-order valence-electron chi connectivity index (χ3n) is 12.4. The highest BCUT2D eigenvalue weighted by atomic mass is 16.5. The van der Waals surface area contributed by atoms with Crippen LogP contribution in [0.2, 0.25) is 0 Å². The normalized spacial score (nSPS) is 12.6. The van der Waals surface area contributed by atoms with Gasteiger partial charge in [0.25, 0.3) is 0 Å². The molecular weight excluding hydrogens is 737 g/mol. The Morgan fingerprint density at radius 2 is 1.25 bits per heavy atom. The number of nitrogens with zero attached hydrogens (tertiary/aromatic N) is 4. The Kier molecular flexibility index (Phi) is 8.02. The van der Waals surface area contributed by atoms with Gasteiger partial charge in [-0.05, 0) is 106 Å². The van der Waals surface area contributed by atoms with E-state index in [1.165, 1.54) is 27.6 Å². The van der Waals surface area contributed by atoms with Crippen LogP contribution in [0.5, 0.6) is 11.5 Å². The summed E-state index contributed by atoms with van der Waals surface area (Å²) in [7, 11) is 0. The average Bonchev–Trinajstić information content (AvgIpc) is 3.94. The van der Waals surface area contributed by atoms with E-state index < -0.39 is 0 Å². The first-order chi connectivity index (χ1) is 29.0. The summed E-state index contributed by atoms with van der Waals surface area (Å²) >= 11 is 0. The van der Waals surface area contributed by atoms with E-state index in [9.17, 15) is 0 Å². The van der Waals surface area contributed by atoms with E-state index >= 15 is 0 Å². The van der Waals surface area contributed by atoms with E-state index in [1.54, 1.807) is 0 Å². The average molecular weight is 783 g/mol. The molecule has 0 saturated carbocycles. The summed E-state index contributed by atoms with van der Waals surface area (Å²) in [6.45, 7) is 15.8. The number of furan rings is 1. The number of pyridine rings is 2. The second kappa shape index (κ2) is 13.3. The lowest BCUT2D eigenvalue weighted by Crippen LogP contribution is -2.12. The summed E-state index contributed by atoms with van der Waals surface area (Å²) in [5.74, 6) is 3.03. The summed E-state index contributed by atoms with van der Waals surface area (Å²) in [6.07, 6.45) is 3.99. The Balaban J connectivity index is 1.13. The maximum absolute atomic E-state index is 6.83. The highest BCUT2D eigenvalue weighted by Crippen LogP contribution is 2.43. The lowest BCUT2D eigenvalue weighted by molar-refractivity contribution is 0.484. The standard InChI is InChI=1S/C54H46N4O2/c1-31(2)36-15-12-16-37(32(3)4)52(36)48-30-56-53-44-26-34(19-21-38(44)42-29-50-43(28-47(42)58(48)53)41-14-9-11-18-49(41)60-50)59-35-20-22-40-39-13-8-10-17-45(39)57(46(40)27-35)51-25-33(23-24-55-51)54(5,6)7/h8-32H,1-7H3. The highest BCUT2D eigenvalue weighted by molar-refractivity contribution is 6.18. The molecule has 11 rings (SSSR count). The minimum absolute atomic E-state index is 0.0141. The van der Waals surface area contributed by atoms with Crippen molar-refractivity contribution in [1.29, 1.82) is 0 Å². The number of fused-ring (bicyclic) bond motifs is 12. The predicted octanol–water partition coefficient (Wildman–Crippen LogP) is 15.0. The first-order valence-corrected chi connectivity index (χ1v) is 21.0. The van der Waals surface area contributed by atoms with Gasteiger partial charge in [-0.15, -0.1) is 0 Å². The lowest BCUT2D eigenvalue weighted by atomic mass is 9.87. The zero-order valence-electron chi connectivity index (χ0n) is 35.0. The Morgan fingerprint density at radius 1 is 0.550 bits per heavy atom. The number of imidazole rings is 1. The molecule has 294 valence electrons. The van der Waals surface area contributed by atoms with Gasteiger partial charge >= 0.3 is 0 Å². The molecule has 0 aliphatic carbocycles. The van der Waals surface area contributed by atoms with Crippen molar-refractivity contribution in [3.05, 3.63) is 156 Å². The number of hydrogen-bond acceptors (Lipinski definition) is 4. The molecule has 0 spiro atoms. The van der Waals surface area contributed by atoms with Gasteiger partial charge in [0.05, 0.1) is 28.4 Å². The van der Waals surface area contributed by atoms with E-state index in [1.807, 2.05) is 18.3 Å². The summed E-state index contributed by atoms with van der Waals surface area (Å²) < 4.78 is 18.0. The van der Waals surface area contributed by atoms with Crippen LogP contribution in [0.15, 0.2) is 144 Å². The Hall–Kier alpha value is -6.92. The molecule has 5 heterocycles. The number of para-hydroxylation sites is 2. The van der Waals surface area contributed by atoms with Crippen LogP contribution in [0.1, 0.15) is 77.0 Å². The van der Waals surface area contributed by atoms with Crippen LogP contribution in [-0.4, -0.2) is 18.9 Å². The maximum Gasteiger partial charge on any atom is 0.145 e. The van der Waals surface area contributed by atoms with Gasteiger partial charge in [0.1, 0.15) is 34.1 Å². The fourth-order valence-electron chi connectivity index (χ4n) is 9.38.